The number of thioether (sulfide) groups is 1. The minimum Gasteiger partial charge on any atom is -0.322 e. The van der Waals surface area contributed by atoms with E-state index < -0.39 is 0 Å². The summed E-state index contributed by atoms with van der Waals surface area (Å²) < 4.78 is 2.03. The minimum atomic E-state index is 0.0878. The van der Waals surface area contributed by atoms with Gasteiger partial charge in [-0.2, -0.15) is 0 Å². The fourth-order valence-electron chi connectivity index (χ4n) is 2.81. The predicted molar refractivity (Wildman–Crippen MR) is 116 cm³/mol. The van der Waals surface area contributed by atoms with Crippen LogP contribution in [0.1, 0.15) is 31.1 Å². The van der Waals surface area contributed by atoms with Gasteiger partial charge >= 0.3 is 0 Å². The monoisotopic (exact) mass is 439 g/mol. The molecule has 0 saturated carbocycles. The van der Waals surface area contributed by atoms with Crippen LogP contribution in [0.2, 0.25) is 15.1 Å². The van der Waals surface area contributed by atoms with E-state index in [1.165, 1.54) is 4.90 Å². The number of halogens is 3. The zero-order valence-electron chi connectivity index (χ0n) is 14.8. The van der Waals surface area contributed by atoms with Crippen molar-refractivity contribution in [2.24, 2.45) is 0 Å². The van der Waals surface area contributed by atoms with Crippen LogP contribution in [0.3, 0.4) is 0 Å². The highest BCUT2D eigenvalue weighted by molar-refractivity contribution is 7.99. The normalized spacial score (nSPS) is 13.5. The van der Waals surface area contributed by atoms with Crippen LogP contribution < -0.4 is 5.32 Å². The molecular formula is C20H20Cl3N3S. The Morgan fingerprint density at radius 3 is 2.48 bits per heavy atom. The number of imidazole rings is 1. The molecule has 142 valence electrons. The van der Waals surface area contributed by atoms with Crippen LogP contribution in [0, 0.1) is 0 Å². The molecule has 0 amide bonds. The SMILES string of the molecule is CC(NC(CCSc1ccc(Cl)cc1)c1ccc(Cl)cc1Cl)n1ccnc1. The lowest BCUT2D eigenvalue weighted by Crippen LogP contribution is -2.28. The maximum Gasteiger partial charge on any atom is 0.0959 e. The third-order valence-corrected chi connectivity index (χ3v) is 6.10. The maximum atomic E-state index is 6.48. The van der Waals surface area contributed by atoms with Crippen molar-refractivity contribution < 1.29 is 0 Å². The third-order valence-electron chi connectivity index (χ3n) is 4.24. The zero-order chi connectivity index (χ0) is 19.2. The quantitative estimate of drug-likeness (QED) is 0.387. The first-order valence-electron chi connectivity index (χ1n) is 8.60. The summed E-state index contributed by atoms with van der Waals surface area (Å²) in [5, 5.41) is 5.72. The van der Waals surface area contributed by atoms with Crippen molar-refractivity contribution in [3.05, 3.63) is 81.8 Å². The number of hydrogen-bond donors (Lipinski definition) is 1. The Hall–Kier alpha value is -1.17. The van der Waals surface area contributed by atoms with Crippen LogP contribution >= 0.6 is 46.6 Å². The van der Waals surface area contributed by atoms with Gasteiger partial charge in [-0.05, 0) is 61.1 Å². The number of benzene rings is 2. The minimum absolute atomic E-state index is 0.0878. The summed E-state index contributed by atoms with van der Waals surface area (Å²) in [6, 6.07) is 13.7. The molecule has 3 aromatic rings. The summed E-state index contributed by atoms with van der Waals surface area (Å²) in [6.07, 6.45) is 6.53. The Bertz CT molecular complexity index is 853. The molecule has 0 radical (unpaired) electrons. The molecule has 2 unspecified atom stereocenters. The first kappa shape index (κ1) is 20.6. The van der Waals surface area contributed by atoms with Crippen LogP contribution in [0.25, 0.3) is 0 Å². The van der Waals surface area contributed by atoms with Gasteiger partial charge in [0.15, 0.2) is 0 Å². The van der Waals surface area contributed by atoms with E-state index in [1.54, 1.807) is 30.4 Å². The zero-order valence-corrected chi connectivity index (χ0v) is 17.9. The summed E-state index contributed by atoms with van der Waals surface area (Å²) in [7, 11) is 0. The van der Waals surface area contributed by atoms with Gasteiger partial charge < -0.3 is 4.57 Å². The van der Waals surface area contributed by atoms with E-state index in [2.05, 4.69) is 17.2 Å². The molecule has 7 heteroatoms. The van der Waals surface area contributed by atoms with Crippen LogP contribution in [0.5, 0.6) is 0 Å². The van der Waals surface area contributed by atoms with Crippen LogP contribution in [0.15, 0.2) is 66.1 Å². The molecule has 2 aromatic carbocycles. The number of aromatic nitrogens is 2. The molecule has 0 saturated heterocycles. The van der Waals surface area contributed by atoms with E-state index in [1.807, 2.05) is 47.2 Å². The van der Waals surface area contributed by atoms with E-state index in [4.69, 9.17) is 34.8 Å². The highest BCUT2D eigenvalue weighted by atomic mass is 35.5. The second-order valence-electron chi connectivity index (χ2n) is 6.16. The fraction of sp³-hybridized carbons (Fsp3) is 0.250. The molecule has 0 aliphatic rings. The standard InChI is InChI=1S/C20H20Cl3N3S/c1-14(26-10-9-24-13-26)25-20(18-7-4-16(22)12-19(18)23)8-11-27-17-5-2-15(21)3-6-17/h2-7,9-10,12-14,20,25H,8,11H2,1H3. The van der Waals surface area contributed by atoms with Gasteiger partial charge in [0.1, 0.15) is 0 Å². The van der Waals surface area contributed by atoms with Crippen LogP contribution in [-0.2, 0) is 0 Å². The van der Waals surface area contributed by atoms with Crippen molar-refractivity contribution in [2.75, 3.05) is 5.75 Å². The highest BCUT2D eigenvalue weighted by Crippen LogP contribution is 2.31. The van der Waals surface area contributed by atoms with Gasteiger partial charge in [0.05, 0.1) is 12.5 Å². The Balaban J connectivity index is 1.71. The lowest BCUT2D eigenvalue weighted by molar-refractivity contribution is 0.371. The number of rotatable bonds is 8. The van der Waals surface area contributed by atoms with E-state index in [0.29, 0.717) is 10.0 Å². The molecule has 3 rings (SSSR count). The van der Waals surface area contributed by atoms with Gasteiger partial charge in [0, 0.05) is 38.4 Å². The van der Waals surface area contributed by atoms with Gasteiger partial charge in [-0.25, -0.2) is 4.98 Å². The average Bonchev–Trinajstić information content (AvgIpc) is 3.17. The molecule has 1 aromatic heterocycles. The summed E-state index contributed by atoms with van der Waals surface area (Å²) >= 11 is 20.3. The lowest BCUT2D eigenvalue weighted by atomic mass is 10.0. The van der Waals surface area contributed by atoms with Gasteiger partial charge in [-0.3, -0.25) is 5.32 Å². The van der Waals surface area contributed by atoms with Gasteiger partial charge in [0.2, 0.25) is 0 Å². The van der Waals surface area contributed by atoms with E-state index in [9.17, 15) is 0 Å². The molecule has 2 atom stereocenters. The molecule has 27 heavy (non-hydrogen) atoms. The summed E-state index contributed by atoms with van der Waals surface area (Å²) in [5.41, 5.74) is 1.05. The van der Waals surface area contributed by atoms with Crippen molar-refractivity contribution >= 4 is 46.6 Å². The Kier molecular flexibility index (Phi) is 7.50. The van der Waals surface area contributed by atoms with Gasteiger partial charge in [-0.15, -0.1) is 11.8 Å². The molecule has 0 spiro atoms. The van der Waals surface area contributed by atoms with Crippen molar-refractivity contribution in [3.63, 3.8) is 0 Å². The van der Waals surface area contributed by atoms with Gasteiger partial charge in [-0.1, -0.05) is 40.9 Å². The molecule has 0 aliphatic heterocycles. The first-order valence-corrected chi connectivity index (χ1v) is 10.7. The Morgan fingerprint density at radius 2 is 1.81 bits per heavy atom. The summed E-state index contributed by atoms with van der Waals surface area (Å²) in [4.78, 5) is 5.32. The molecule has 0 aliphatic carbocycles. The Morgan fingerprint density at radius 1 is 1.07 bits per heavy atom. The fourth-order valence-corrected chi connectivity index (χ4v) is 4.40. The topological polar surface area (TPSA) is 29.9 Å². The number of hydrogen-bond acceptors (Lipinski definition) is 3. The lowest BCUT2D eigenvalue weighted by Gasteiger charge is -2.25. The molecule has 3 nitrogen and oxygen atoms in total. The van der Waals surface area contributed by atoms with E-state index >= 15 is 0 Å². The predicted octanol–water partition coefficient (Wildman–Crippen LogP) is 6.88. The molecular weight excluding hydrogens is 421 g/mol. The van der Waals surface area contributed by atoms with Crippen LogP contribution in [0.4, 0.5) is 0 Å². The highest BCUT2D eigenvalue weighted by Gasteiger charge is 2.18. The van der Waals surface area contributed by atoms with Crippen molar-refractivity contribution in [3.8, 4) is 0 Å². The average molecular weight is 441 g/mol. The first-order chi connectivity index (χ1) is 13.0. The molecule has 0 bridgehead atoms. The van der Waals surface area contributed by atoms with Crippen molar-refractivity contribution in [1.29, 1.82) is 0 Å². The van der Waals surface area contributed by atoms with E-state index in [0.717, 1.165) is 22.8 Å². The summed E-state index contributed by atoms with van der Waals surface area (Å²) in [6.45, 7) is 2.10. The smallest absolute Gasteiger partial charge is 0.0959 e. The Labute approximate surface area is 179 Å². The van der Waals surface area contributed by atoms with E-state index in [-0.39, 0.29) is 12.2 Å². The molecule has 0 fully saturated rings. The maximum absolute atomic E-state index is 6.48. The largest absolute Gasteiger partial charge is 0.322 e. The summed E-state index contributed by atoms with van der Waals surface area (Å²) in [5.74, 6) is 0.939. The molecule has 1 N–H and O–H groups in total. The second-order valence-corrected chi connectivity index (χ2v) is 8.61. The van der Waals surface area contributed by atoms with Crippen molar-refractivity contribution in [2.45, 2.75) is 30.4 Å². The second kappa shape index (κ2) is 9.85. The van der Waals surface area contributed by atoms with Gasteiger partial charge in [0.25, 0.3) is 0 Å². The van der Waals surface area contributed by atoms with Crippen LogP contribution in [-0.4, -0.2) is 15.3 Å². The van der Waals surface area contributed by atoms with Crippen molar-refractivity contribution in [1.82, 2.24) is 14.9 Å². The third kappa shape index (κ3) is 5.90. The number of nitrogens with zero attached hydrogens (tertiary/aromatic N) is 2. The number of nitrogens with one attached hydrogen (secondary N) is 1. The molecule has 1 heterocycles.